The third kappa shape index (κ3) is 2.70. The van der Waals surface area contributed by atoms with Crippen LogP contribution in [0.25, 0.3) is 11.0 Å². The summed E-state index contributed by atoms with van der Waals surface area (Å²) in [6.45, 7) is 0.407. The Morgan fingerprint density at radius 3 is 3.14 bits per heavy atom. The molecule has 0 spiro atoms. The molecule has 9 heteroatoms. The molecule has 1 aliphatic rings. The first kappa shape index (κ1) is 14.9. The third-order valence-electron chi connectivity index (χ3n) is 3.53. The largest absolute Gasteiger partial charge is 0.481 e. The lowest BCUT2D eigenvalue weighted by molar-refractivity contribution is -0.141. The molecule has 0 amide bonds. The first-order chi connectivity index (χ1) is 10.5. The van der Waals surface area contributed by atoms with E-state index in [1.54, 1.807) is 18.3 Å². The minimum Gasteiger partial charge on any atom is -0.481 e. The number of H-pyrrole nitrogens is 1. The molecule has 118 valence electrons. The molecule has 2 aromatic rings. The number of carboxylic acids is 1. The van der Waals surface area contributed by atoms with Crippen LogP contribution in [0, 0.1) is 0 Å². The highest BCUT2D eigenvalue weighted by molar-refractivity contribution is 7.89. The van der Waals surface area contributed by atoms with Crippen LogP contribution < -0.4 is 0 Å². The number of aromatic nitrogens is 2. The van der Waals surface area contributed by atoms with E-state index in [0.717, 1.165) is 0 Å². The quantitative estimate of drug-likeness (QED) is 0.843. The minimum atomic E-state index is -3.72. The summed E-state index contributed by atoms with van der Waals surface area (Å²) in [4.78, 5) is 17.8. The van der Waals surface area contributed by atoms with E-state index < -0.39 is 22.1 Å². The van der Waals surface area contributed by atoms with Crippen molar-refractivity contribution in [3.8, 4) is 0 Å². The Hall–Kier alpha value is -1.97. The Labute approximate surface area is 126 Å². The van der Waals surface area contributed by atoms with Gasteiger partial charge in [0.2, 0.25) is 10.0 Å². The highest BCUT2D eigenvalue weighted by Crippen LogP contribution is 2.26. The molecule has 1 saturated heterocycles. The SMILES string of the molecule is O=C(O)CC1CN(S(=O)(=O)c2c[nH]c3ncccc23)CCO1. The Morgan fingerprint density at radius 1 is 1.55 bits per heavy atom. The first-order valence-corrected chi connectivity index (χ1v) is 8.18. The van der Waals surface area contributed by atoms with Gasteiger partial charge in [-0.3, -0.25) is 4.79 Å². The number of carbonyl (C=O) groups is 1. The fraction of sp³-hybridized carbons (Fsp3) is 0.385. The van der Waals surface area contributed by atoms with Gasteiger partial charge in [-0.15, -0.1) is 0 Å². The van der Waals surface area contributed by atoms with Gasteiger partial charge in [-0.2, -0.15) is 4.31 Å². The predicted octanol–water partition coefficient (Wildman–Crippen LogP) is 0.427. The van der Waals surface area contributed by atoms with Gasteiger partial charge < -0.3 is 14.8 Å². The fourth-order valence-electron chi connectivity index (χ4n) is 2.51. The van der Waals surface area contributed by atoms with Crippen LogP contribution in [0.2, 0.25) is 0 Å². The van der Waals surface area contributed by atoms with E-state index in [0.29, 0.717) is 11.0 Å². The van der Waals surface area contributed by atoms with Crippen molar-refractivity contribution in [1.29, 1.82) is 0 Å². The number of nitrogens with one attached hydrogen (secondary N) is 1. The maximum absolute atomic E-state index is 12.8. The summed E-state index contributed by atoms with van der Waals surface area (Å²) >= 11 is 0. The van der Waals surface area contributed by atoms with E-state index in [1.807, 2.05) is 0 Å². The van der Waals surface area contributed by atoms with Gasteiger partial charge in [-0.25, -0.2) is 13.4 Å². The molecule has 3 heterocycles. The maximum atomic E-state index is 12.8. The number of hydrogen-bond acceptors (Lipinski definition) is 5. The van der Waals surface area contributed by atoms with Crippen LogP contribution >= 0.6 is 0 Å². The van der Waals surface area contributed by atoms with Crippen LogP contribution in [0.5, 0.6) is 0 Å². The van der Waals surface area contributed by atoms with Crippen molar-refractivity contribution < 1.29 is 23.1 Å². The average molecular weight is 325 g/mol. The van der Waals surface area contributed by atoms with Crippen molar-refractivity contribution in [1.82, 2.24) is 14.3 Å². The summed E-state index contributed by atoms with van der Waals surface area (Å²) in [5.74, 6) is -1.01. The van der Waals surface area contributed by atoms with Gasteiger partial charge >= 0.3 is 5.97 Å². The first-order valence-electron chi connectivity index (χ1n) is 6.74. The number of carboxylic acid groups (broad SMARTS) is 1. The summed E-state index contributed by atoms with van der Waals surface area (Å²) in [6.07, 6.45) is 2.13. The summed E-state index contributed by atoms with van der Waals surface area (Å²) in [7, 11) is -3.72. The topological polar surface area (TPSA) is 113 Å². The zero-order valence-electron chi connectivity index (χ0n) is 11.6. The van der Waals surface area contributed by atoms with E-state index in [1.165, 1.54) is 10.5 Å². The Bertz CT molecular complexity index is 801. The molecule has 0 aliphatic carbocycles. The highest BCUT2D eigenvalue weighted by Gasteiger charge is 2.33. The van der Waals surface area contributed by atoms with Crippen LogP contribution in [-0.2, 0) is 19.6 Å². The Morgan fingerprint density at radius 2 is 2.36 bits per heavy atom. The number of hydrogen-bond donors (Lipinski definition) is 2. The van der Waals surface area contributed by atoms with Crippen LogP contribution in [0.15, 0.2) is 29.4 Å². The monoisotopic (exact) mass is 325 g/mol. The molecule has 1 unspecified atom stereocenters. The molecule has 2 aromatic heterocycles. The molecule has 0 bridgehead atoms. The molecule has 22 heavy (non-hydrogen) atoms. The summed E-state index contributed by atoms with van der Waals surface area (Å²) < 4.78 is 32.1. The van der Waals surface area contributed by atoms with Gasteiger partial charge in [0, 0.05) is 30.9 Å². The number of ether oxygens (including phenoxy) is 1. The van der Waals surface area contributed by atoms with Gasteiger partial charge in [-0.1, -0.05) is 0 Å². The average Bonchev–Trinajstić information content (AvgIpc) is 2.91. The van der Waals surface area contributed by atoms with Crippen LogP contribution in [0.4, 0.5) is 0 Å². The van der Waals surface area contributed by atoms with Crippen LogP contribution in [0.3, 0.4) is 0 Å². The van der Waals surface area contributed by atoms with Gasteiger partial charge in [-0.05, 0) is 12.1 Å². The number of sulfonamides is 1. The second kappa shape index (κ2) is 5.67. The van der Waals surface area contributed by atoms with Gasteiger partial charge in [0.1, 0.15) is 10.5 Å². The molecule has 0 aromatic carbocycles. The van der Waals surface area contributed by atoms with Crippen molar-refractivity contribution in [3.63, 3.8) is 0 Å². The lowest BCUT2D eigenvalue weighted by atomic mass is 10.2. The van der Waals surface area contributed by atoms with Gasteiger partial charge in [0.25, 0.3) is 0 Å². The van der Waals surface area contributed by atoms with E-state index in [-0.39, 0.29) is 31.0 Å². The number of rotatable bonds is 4. The predicted molar refractivity (Wildman–Crippen MR) is 76.8 cm³/mol. The lowest BCUT2D eigenvalue weighted by Crippen LogP contribution is -2.46. The van der Waals surface area contributed by atoms with Crippen molar-refractivity contribution in [2.75, 3.05) is 19.7 Å². The number of pyridine rings is 1. The normalized spacial score (nSPS) is 20.3. The Balaban J connectivity index is 1.90. The summed E-state index contributed by atoms with van der Waals surface area (Å²) in [6, 6.07) is 3.35. The zero-order valence-corrected chi connectivity index (χ0v) is 12.4. The molecular weight excluding hydrogens is 310 g/mol. The molecule has 8 nitrogen and oxygen atoms in total. The van der Waals surface area contributed by atoms with Gasteiger partial charge in [0.15, 0.2) is 0 Å². The zero-order chi connectivity index (χ0) is 15.7. The number of morpholine rings is 1. The van der Waals surface area contributed by atoms with E-state index in [9.17, 15) is 13.2 Å². The smallest absolute Gasteiger partial charge is 0.306 e. The van der Waals surface area contributed by atoms with E-state index >= 15 is 0 Å². The Kier molecular flexibility index (Phi) is 3.85. The van der Waals surface area contributed by atoms with Crippen molar-refractivity contribution in [3.05, 3.63) is 24.5 Å². The molecule has 2 N–H and O–H groups in total. The maximum Gasteiger partial charge on any atom is 0.306 e. The molecule has 0 saturated carbocycles. The number of nitrogens with zero attached hydrogens (tertiary/aromatic N) is 2. The fourth-order valence-corrected chi connectivity index (χ4v) is 4.12. The van der Waals surface area contributed by atoms with Crippen molar-refractivity contribution in [2.45, 2.75) is 17.4 Å². The molecular formula is C13H15N3O5S. The van der Waals surface area contributed by atoms with Crippen molar-refractivity contribution in [2.24, 2.45) is 0 Å². The van der Waals surface area contributed by atoms with Crippen LogP contribution in [0.1, 0.15) is 6.42 Å². The lowest BCUT2D eigenvalue weighted by Gasteiger charge is -2.31. The molecule has 1 atom stereocenters. The van der Waals surface area contributed by atoms with Gasteiger partial charge in [0.05, 0.1) is 19.1 Å². The number of aliphatic carboxylic acids is 1. The molecule has 0 radical (unpaired) electrons. The third-order valence-corrected chi connectivity index (χ3v) is 5.44. The molecule has 1 aliphatic heterocycles. The summed E-state index contributed by atoms with van der Waals surface area (Å²) in [5.41, 5.74) is 0.497. The van der Waals surface area contributed by atoms with Crippen molar-refractivity contribution >= 4 is 27.0 Å². The summed E-state index contributed by atoms with van der Waals surface area (Å²) in [5, 5.41) is 9.34. The van der Waals surface area contributed by atoms with E-state index in [4.69, 9.17) is 9.84 Å². The van der Waals surface area contributed by atoms with Crippen LogP contribution in [-0.4, -0.2) is 59.6 Å². The second-order valence-corrected chi connectivity index (χ2v) is 6.91. The standard InChI is InChI=1S/C13H15N3O5S/c17-12(18)6-9-8-16(4-5-21-9)22(19,20)11-7-15-13-10(11)2-1-3-14-13/h1-3,7,9H,4-6,8H2,(H,14,15)(H,17,18). The second-order valence-electron chi connectivity index (χ2n) is 5.01. The number of aromatic amines is 1. The molecule has 3 rings (SSSR count). The van der Waals surface area contributed by atoms with E-state index in [2.05, 4.69) is 9.97 Å². The minimum absolute atomic E-state index is 0.0293. The molecule has 1 fully saturated rings. The number of fused-ring (bicyclic) bond motifs is 1. The highest BCUT2D eigenvalue weighted by atomic mass is 32.2.